The van der Waals surface area contributed by atoms with Crippen LogP contribution in [0.1, 0.15) is 16.7 Å². The number of furan rings is 1. The predicted octanol–water partition coefficient (Wildman–Crippen LogP) is 5.38. The molecule has 0 bridgehead atoms. The third-order valence-corrected chi connectivity index (χ3v) is 4.55. The number of nitrogens with one attached hydrogen (secondary N) is 1. The summed E-state index contributed by atoms with van der Waals surface area (Å²) < 4.78 is 5.67. The number of hydrogen-bond donors (Lipinski definition) is 1. The zero-order valence-electron chi connectivity index (χ0n) is 14.3. The second-order valence-corrected chi connectivity index (χ2v) is 6.46. The highest BCUT2D eigenvalue weighted by Crippen LogP contribution is 2.30. The molecule has 0 spiro atoms. The van der Waals surface area contributed by atoms with Crippen molar-refractivity contribution < 1.29 is 9.21 Å². The number of anilines is 1. The van der Waals surface area contributed by atoms with Crippen LogP contribution in [0.5, 0.6) is 0 Å². The third kappa shape index (κ3) is 2.89. The maximum atomic E-state index is 12.5. The average molecular weight is 329 g/mol. The molecule has 0 aliphatic heterocycles. The molecule has 1 heterocycles. The van der Waals surface area contributed by atoms with Gasteiger partial charge in [-0.15, -0.1) is 0 Å². The molecular weight excluding hydrogens is 310 g/mol. The molecule has 1 amide bonds. The van der Waals surface area contributed by atoms with E-state index in [1.165, 1.54) is 5.56 Å². The molecule has 0 saturated heterocycles. The van der Waals surface area contributed by atoms with Crippen LogP contribution in [0.3, 0.4) is 0 Å². The molecule has 0 saturated carbocycles. The van der Waals surface area contributed by atoms with E-state index in [1.54, 1.807) is 6.26 Å². The molecule has 4 rings (SSSR count). The molecule has 3 nitrogen and oxygen atoms in total. The SMILES string of the molecule is Cc1ccc(NC(=O)Cc2coc3ccc4ccccc4c23)c(C)c1. The van der Waals surface area contributed by atoms with E-state index in [-0.39, 0.29) is 12.3 Å². The summed E-state index contributed by atoms with van der Waals surface area (Å²) in [5.41, 5.74) is 4.83. The van der Waals surface area contributed by atoms with E-state index in [1.807, 2.05) is 50.2 Å². The van der Waals surface area contributed by atoms with Gasteiger partial charge in [0.2, 0.25) is 5.91 Å². The molecule has 0 atom stereocenters. The Morgan fingerprint density at radius 1 is 1.04 bits per heavy atom. The van der Waals surface area contributed by atoms with Crippen molar-refractivity contribution in [2.24, 2.45) is 0 Å². The first-order valence-corrected chi connectivity index (χ1v) is 8.37. The largest absolute Gasteiger partial charge is 0.464 e. The summed E-state index contributed by atoms with van der Waals surface area (Å²) in [7, 11) is 0. The summed E-state index contributed by atoms with van der Waals surface area (Å²) in [4.78, 5) is 12.5. The first kappa shape index (κ1) is 15.5. The molecule has 1 aromatic heterocycles. The van der Waals surface area contributed by atoms with E-state index < -0.39 is 0 Å². The monoisotopic (exact) mass is 329 g/mol. The van der Waals surface area contributed by atoms with E-state index in [0.29, 0.717) is 0 Å². The van der Waals surface area contributed by atoms with Crippen LogP contribution in [-0.4, -0.2) is 5.91 Å². The van der Waals surface area contributed by atoms with Crippen LogP contribution in [0.4, 0.5) is 5.69 Å². The van der Waals surface area contributed by atoms with Crippen LogP contribution in [0.15, 0.2) is 65.3 Å². The van der Waals surface area contributed by atoms with E-state index in [4.69, 9.17) is 4.42 Å². The Bertz CT molecular complexity index is 1090. The van der Waals surface area contributed by atoms with Gasteiger partial charge >= 0.3 is 0 Å². The van der Waals surface area contributed by atoms with E-state index in [2.05, 4.69) is 23.5 Å². The number of hydrogen-bond acceptors (Lipinski definition) is 2. The Morgan fingerprint density at radius 3 is 2.72 bits per heavy atom. The molecular formula is C22H19NO2. The molecule has 0 unspecified atom stereocenters. The van der Waals surface area contributed by atoms with Crippen molar-refractivity contribution in [3.8, 4) is 0 Å². The molecule has 4 aromatic rings. The van der Waals surface area contributed by atoms with Gasteiger partial charge in [-0.05, 0) is 42.3 Å². The Labute approximate surface area is 146 Å². The van der Waals surface area contributed by atoms with Crippen molar-refractivity contribution >= 4 is 33.3 Å². The van der Waals surface area contributed by atoms with Gasteiger partial charge in [0.05, 0.1) is 12.7 Å². The van der Waals surface area contributed by atoms with Gasteiger partial charge in [0.25, 0.3) is 0 Å². The standard InChI is InChI=1S/C22H19NO2/c1-14-7-9-19(15(2)11-14)23-21(24)12-17-13-25-20-10-8-16-5-3-4-6-18(16)22(17)20/h3-11,13H,12H2,1-2H3,(H,23,24). The van der Waals surface area contributed by atoms with Crippen molar-refractivity contribution in [2.75, 3.05) is 5.32 Å². The lowest BCUT2D eigenvalue weighted by Crippen LogP contribution is -2.15. The summed E-state index contributed by atoms with van der Waals surface area (Å²) in [6, 6.07) is 18.2. The topological polar surface area (TPSA) is 42.2 Å². The molecule has 124 valence electrons. The fourth-order valence-electron chi connectivity index (χ4n) is 3.33. The highest BCUT2D eigenvalue weighted by atomic mass is 16.3. The van der Waals surface area contributed by atoms with Crippen LogP contribution in [0.2, 0.25) is 0 Å². The summed E-state index contributed by atoms with van der Waals surface area (Å²) in [5, 5.41) is 6.29. The molecule has 3 heteroatoms. The van der Waals surface area contributed by atoms with Gasteiger partial charge in [-0.25, -0.2) is 0 Å². The molecule has 0 aliphatic carbocycles. The smallest absolute Gasteiger partial charge is 0.228 e. The van der Waals surface area contributed by atoms with E-state index in [9.17, 15) is 4.79 Å². The summed E-state index contributed by atoms with van der Waals surface area (Å²) >= 11 is 0. The van der Waals surface area contributed by atoms with Crippen LogP contribution < -0.4 is 5.32 Å². The van der Waals surface area contributed by atoms with Crippen LogP contribution >= 0.6 is 0 Å². The molecule has 1 N–H and O–H groups in total. The molecule has 0 aliphatic rings. The number of rotatable bonds is 3. The Morgan fingerprint density at radius 2 is 1.88 bits per heavy atom. The van der Waals surface area contributed by atoms with E-state index in [0.717, 1.165) is 38.6 Å². The second kappa shape index (κ2) is 6.10. The molecule has 25 heavy (non-hydrogen) atoms. The second-order valence-electron chi connectivity index (χ2n) is 6.46. The summed E-state index contributed by atoms with van der Waals surface area (Å²) in [6.07, 6.45) is 1.98. The van der Waals surface area contributed by atoms with Crippen molar-refractivity contribution in [3.63, 3.8) is 0 Å². The number of carbonyl (C=O) groups is 1. The van der Waals surface area contributed by atoms with Gasteiger partial charge in [-0.2, -0.15) is 0 Å². The lowest BCUT2D eigenvalue weighted by molar-refractivity contribution is -0.115. The van der Waals surface area contributed by atoms with Gasteiger partial charge in [0.1, 0.15) is 5.58 Å². The van der Waals surface area contributed by atoms with Crippen molar-refractivity contribution in [1.82, 2.24) is 0 Å². The molecule has 0 radical (unpaired) electrons. The highest BCUT2D eigenvalue weighted by molar-refractivity contribution is 6.09. The van der Waals surface area contributed by atoms with Gasteiger partial charge in [0, 0.05) is 16.6 Å². The van der Waals surface area contributed by atoms with Gasteiger partial charge in [0.15, 0.2) is 0 Å². The number of carbonyl (C=O) groups excluding carboxylic acids is 1. The fourth-order valence-corrected chi connectivity index (χ4v) is 3.33. The minimum atomic E-state index is -0.0393. The molecule has 0 fully saturated rings. The number of fused-ring (bicyclic) bond motifs is 3. The molecule has 3 aromatic carbocycles. The Kier molecular flexibility index (Phi) is 3.77. The first-order valence-electron chi connectivity index (χ1n) is 8.37. The Balaban J connectivity index is 1.66. The van der Waals surface area contributed by atoms with Gasteiger partial charge in [-0.3, -0.25) is 4.79 Å². The quantitative estimate of drug-likeness (QED) is 0.548. The average Bonchev–Trinajstić information content (AvgIpc) is 3.01. The zero-order valence-corrected chi connectivity index (χ0v) is 14.3. The van der Waals surface area contributed by atoms with Crippen LogP contribution in [0.25, 0.3) is 21.7 Å². The van der Waals surface area contributed by atoms with Crippen LogP contribution in [0, 0.1) is 13.8 Å². The number of amides is 1. The predicted molar refractivity (Wildman–Crippen MR) is 102 cm³/mol. The van der Waals surface area contributed by atoms with Crippen molar-refractivity contribution in [1.29, 1.82) is 0 Å². The zero-order chi connectivity index (χ0) is 17.4. The van der Waals surface area contributed by atoms with Crippen molar-refractivity contribution in [3.05, 3.63) is 77.6 Å². The maximum absolute atomic E-state index is 12.5. The first-order chi connectivity index (χ1) is 12.1. The van der Waals surface area contributed by atoms with Gasteiger partial charge < -0.3 is 9.73 Å². The van der Waals surface area contributed by atoms with E-state index >= 15 is 0 Å². The minimum absolute atomic E-state index is 0.0393. The maximum Gasteiger partial charge on any atom is 0.228 e. The fraction of sp³-hybridized carbons (Fsp3) is 0.136. The number of aryl methyl sites for hydroxylation is 2. The lowest BCUT2D eigenvalue weighted by atomic mass is 10.0. The lowest BCUT2D eigenvalue weighted by Gasteiger charge is -2.09. The normalized spacial score (nSPS) is 11.1. The minimum Gasteiger partial charge on any atom is -0.464 e. The Hall–Kier alpha value is -3.07. The third-order valence-electron chi connectivity index (χ3n) is 4.55. The van der Waals surface area contributed by atoms with Gasteiger partial charge in [-0.1, -0.05) is 48.0 Å². The summed E-state index contributed by atoms with van der Waals surface area (Å²) in [5.74, 6) is -0.0393. The highest BCUT2D eigenvalue weighted by Gasteiger charge is 2.14. The van der Waals surface area contributed by atoms with Crippen LogP contribution in [-0.2, 0) is 11.2 Å². The summed E-state index contributed by atoms with van der Waals surface area (Å²) in [6.45, 7) is 4.05. The number of benzene rings is 3. The van der Waals surface area contributed by atoms with Crippen molar-refractivity contribution in [2.45, 2.75) is 20.3 Å².